The van der Waals surface area contributed by atoms with Gasteiger partial charge in [0.2, 0.25) is 8.32 Å². The summed E-state index contributed by atoms with van der Waals surface area (Å²) in [7, 11) is 4.74. The van der Waals surface area contributed by atoms with Crippen LogP contribution in [0.25, 0.3) is 0 Å². The van der Waals surface area contributed by atoms with Gasteiger partial charge in [-0.25, -0.2) is 0 Å². The average molecular weight is 743 g/mol. The van der Waals surface area contributed by atoms with Crippen molar-refractivity contribution < 1.29 is 42.5 Å². The quantitative estimate of drug-likeness (QED) is 0.0498. The second kappa shape index (κ2) is 15.7. The Morgan fingerprint density at radius 3 is 1.70 bits per heavy atom. The first-order valence-electron chi connectivity index (χ1n) is 18.3. The summed E-state index contributed by atoms with van der Waals surface area (Å²) >= 11 is 0. The van der Waals surface area contributed by atoms with Gasteiger partial charge in [0.25, 0.3) is 0 Å². The largest absolute Gasteiger partial charge is 0.500 e. The summed E-state index contributed by atoms with van der Waals surface area (Å²) in [4.78, 5) is 45.9. The van der Waals surface area contributed by atoms with E-state index in [9.17, 15) is 4.79 Å². The number of fused-ring (bicyclic) bond motifs is 2. The molecule has 0 aromatic heterocycles. The van der Waals surface area contributed by atoms with E-state index in [0.29, 0.717) is 11.5 Å². The van der Waals surface area contributed by atoms with Crippen LogP contribution in [0.2, 0.25) is 16.6 Å². The Kier molecular flexibility index (Phi) is 11.9. The number of Topliss-reactive ketones (excluding diaryl/α,β-unsaturated/α-hetero) is 3. The van der Waals surface area contributed by atoms with E-state index in [1.807, 2.05) is 18.2 Å². The monoisotopic (exact) mass is 742 g/mol. The molecule has 1 fully saturated rings. The first-order chi connectivity index (χ1) is 25.3. The topological polar surface area (TPSA) is 107 Å². The van der Waals surface area contributed by atoms with Gasteiger partial charge in [-0.15, -0.1) is 0 Å². The number of hydrogen-bond donors (Lipinski definition) is 0. The fourth-order valence-corrected chi connectivity index (χ4v) is 15.2. The molecule has 2 aliphatic carbocycles. The minimum absolute atomic E-state index is 0.0723. The normalized spacial score (nSPS) is 22.7. The molecule has 284 valence electrons. The summed E-state index contributed by atoms with van der Waals surface area (Å²) in [5.74, 6) is -4.32. The highest BCUT2D eigenvalue weighted by atomic mass is 28.4. The third kappa shape index (κ3) is 6.17. The highest BCUT2D eigenvalue weighted by Gasteiger charge is 2.76. The second-order valence-corrected chi connectivity index (χ2v) is 20.3. The van der Waals surface area contributed by atoms with Gasteiger partial charge in [-0.05, 0) is 40.7 Å². The Balaban J connectivity index is 1.97. The van der Waals surface area contributed by atoms with Crippen molar-refractivity contribution in [2.45, 2.75) is 82.4 Å². The van der Waals surface area contributed by atoms with E-state index in [2.05, 4.69) is 41.5 Å². The Hall–Kier alpha value is -4.09. The van der Waals surface area contributed by atoms with E-state index < -0.39 is 54.8 Å². The first-order valence-corrected chi connectivity index (χ1v) is 20.4. The van der Waals surface area contributed by atoms with Crippen LogP contribution in [-0.2, 0) is 23.4 Å². The summed E-state index contributed by atoms with van der Waals surface area (Å²) in [6, 6.07) is 22.9. The smallest absolute Gasteiger partial charge is 0.200 e. The fraction of sp³-hybridized carbons (Fsp3) is 0.465. The van der Waals surface area contributed by atoms with Crippen molar-refractivity contribution in [3.05, 3.63) is 107 Å². The molecule has 0 unspecified atom stereocenters. The van der Waals surface area contributed by atoms with Gasteiger partial charge >= 0.3 is 0 Å². The number of rotatable bonds is 15. The van der Waals surface area contributed by atoms with E-state index in [4.69, 9.17) is 28.1 Å². The molecule has 0 heterocycles. The lowest BCUT2D eigenvalue weighted by Gasteiger charge is -2.61. The van der Waals surface area contributed by atoms with Crippen LogP contribution in [0.1, 0.15) is 80.2 Å². The summed E-state index contributed by atoms with van der Waals surface area (Å²) in [5, 5.41) is 0. The van der Waals surface area contributed by atoms with Gasteiger partial charge in [-0.3, -0.25) is 14.4 Å². The molecule has 10 heteroatoms. The maximum atomic E-state index is 15.7. The maximum Gasteiger partial charge on any atom is 0.200 e. The summed E-state index contributed by atoms with van der Waals surface area (Å²) < 4.78 is 38.3. The Morgan fingerprint density at radius 1 is 0.698 bits per heavy atom. The van der Waals surface area contributed by atoms with Gasteiger partial charge in [0.15, 0.2) is 40.1 Å². The lowest BCUT2D eigenvalue weighted by Crippen LogP contribution is -2.73. The van der Waals surface area contributed by atoms with Crippen LogP contribution in [0.4, 0.5) is 0 Å². The van der Waals surface area contributed by atoms with Crippen LogP contribution in [0, 0.1) is 11.3 Å². The highest BCUT2D eigenvalue weighted by Crippen LogP contribution is 2.65. The number of allylic oxidation sites excluding steroid dienone is 1. The zero-order valence-electron chi connectivity index (χ0n) is 32.9. The molecule has 2 aliphatic rings. The molecule has 3 aromatic rings. The van der Waals surface area contributed by atoms with Gasteiger partial charge < -0.3 is 28.1 Å². The number of ether oxygens (including phenoxy) is 5. The van der Waals surface area contributed by atoms with Crippen molar-refractivity contribution in [1.29, 1.82) is 0 Å². The number of carbonyl (C=O) groups excluding carboxylic acids is 3. The van der Waals surface area contributed by atoms with Crippen LogP contribution in [0.5, 0.6) is 11.5 Å². The van der Waals surface area contributed by atoms with Crippen molar-refractivity contribution in [3.63, 3.8) is 0 Å². The zero-order valence-corrected chi connectivity index (χ0v) is 33.9. The highest BCUT2D eigenvalue weighted by molar-refractivity contribution is 6.77. The van der Waals surface area contributed by atoms with Crippen LogP contribution in [0.3, 0.4) is 0 Å². The average Bonchev–Trinajstić information content (AvgIpc) is 3.17. The molecule has 4 atom stereocenters. The third-order valence-corrected chi connectivity index (χ3v) is 17.9. The Bertz CT molecular complexity index is 1810. The molecular formula is C43H54O9Si. The fourth-order valence-electron chi connectivity index (χ4n) is 9.66. The van der Waals surface area contributed by atoms with Gasteiger partial charge in [0.05, 0.1) is 33.4 Å². The minimum atomic E-state index is -2.72. The number of methoxy groups -OCH3 is 5. The molecule has 3 aromatic carbocycles. The molecule has 9 nitrogen and oxygen atoms in total. The van der Waals surface area contributed by atoms with Crippen molar-refractivity contribution in [1.82, 2.24) is 0 Å². The first kappa shape index (κ1) is 40.1. The molecule has 2 bridgehead atoms. The lowest BCUT2D eigenvalue weighted by molar-refractivity contribution is -0.308. The van der Waals surface area contributed by atoms with Gasteiger partial charge in [-0.1, -0.05) is 108 Å². The molecule has 5 rings (SSSR count). The van der Waals surface area contributed by atoms with E-state index in [-0.39, 0.29) is 45.5 Å². The molecule has 0 radical (unpaired) electrons. The van der Waals surface area contributed by atoms with E-state index >= 15 is 9.59 Å². The van der Waals surface area contributed by atoms with Crippen molar-refractivity contribution in [2.24, 2.45) is 11.3 Å². The van der Waals surface area contributed by atoms with Crippen molar-refractivity contribution in [2.75, 3.05) is 35.5 Å². The molecule has 0 N–H and O–H groups in total. The van der Waals surface area contributed by atoms with Crippen LogP contribution >= 0.6 is 0 Å². The van der Waals surface area contributed by atoms with Crippen molar-refractivity contribution >= 4 is 25.7 Å². The molecule has 53 heavy (non-hydrogen) atoms. The van der Waals surface area contributed by atoms with Crippen LogP contribution < -0.4 is 9.47 Å². The maximum absolute atomic E-state index is 15.7. The second-order valence-electron chi connectivity index (χ2n) is 14.9. The summed E-state index contributed by atoms with van der Waals surface area (Å²) in [5.41, 5.74) is -0.415. The molecule has 0 saturated heterocycles. The van der Waals surface area contributed by atoms with Gasteiger partial charge in [-0.2, -0.15) is 0 Å². The summed E-state index contributed by atoms with van der Waals surface area (Å²) in [6.45, 7) is 13.2. The van der Waals surface area contributed by atoms with Crippen LogP contribution in [0.15, 0.2) is 90.2 Å². The number of carbonyl (C=O) groups is 3. The Morgan fingerprint density at radius 2 is 1.23 bits per heavy atom. The predicted molar refractivity (Wildman–Crippen MR) is 206 cm³/mol. The minimum Gasteiger partial charge on any atom is -0.500 e. The molecule has 1 saturated carbocycles. The molecule has 0 aliphatic heterocycles. The molecule has 0 spiro atoms. The van der Waals surface area contributed by atoms with E-state index in [1.165, 1.54) is 21.3 Å². The predicted octanol–water partition coefficient (Wildman–Crippen LogP) is 8.59. The van der Waals surface area contributed by atoms with Crippen LogP contribution in [-0.4, -0.2) is 73.1 Å². The zero-order chi connectivity index (χ0) is 38.9. The number of ketones is 3. The van der Waals surface area contributed by atoms with Crippen molar-refractivity contribution in [3.8, 4) is 11.5 Å². The molecular weight excluding hydrogens is 689 g/mol. The lowest BCUT2D eigenvalue weighted by atomic mass is 9.49. The SMILES string of the molecule is COC1=C(C(=O)c2ccccc2)C(=O)[C@]2(C(=O)c3ccccc3)C[C@H](O[Si](C(C)C)(C(C)C)C(C)C)[C@@H](c3ccc(OC)c(OC)c3)[C@H]1C2(OC)OC. The molecule has 0 amide bonds. The van der Waals surface area contributed by atoms with Gasteiger partial charge in [0, 0.05) is 31.3 Å². The standard InChI is InChI=1S/C43H54O9Si/c1-26(2)53(27(3)4,28(5)6)52-34-25-42(40(45)30-20-16-13-17-21-30)41(46)36(38(44)29-18-14-12-15-19-29)39(49-9)37(43(42,50-10)51-11)35(34)31-22-23-32(47-7)33(24-31)48-8/h12-24,26-28,34-35,37H,25H2,1-11H3/t34-,35+,37+,42+/m0/s1. The van der Waals surface area contributed by atoms with E-state index in [0.717, 1.165) is 5.56 Å². The number of benzene rings is 3. The third-order valence-electron chi connectivity index (χ3n) is 11.8. The van der Waals surface area contributed by atoms with E-state index in [1.54, 1.807) is 74.9 Å². The Labute approximate surface area is 315 Å². The summed E-state index contributed by atoms with van der Waals surface area (Å²) in [6.07, 6.45) is -0.856. The van der Waals surface area contributed by atoms with Gasteiger partial charge in [0.1, 0.15) is 11.3 Å². The number of hydrogen-bond acceptors (Lipinski definition) is 9.